The molecule has 2 aliphatic rings. The van der Waals surface area contributed by atoms with Gasteiger partial charge in [0, 0.05) is 50.3 Å². The maximum atomic E-state index is 9.50. The van der Waals surface area contributed by atoms with Gasteiger partial charge in [-0.25, -0.2) is 0 Å². The van der Waals surface area contributed by atoms with Crippen molar-refractivity contribution < 1.29 is 9.94 Å². The lowest BCUT2D eigenvalue weighted by molar-refractivity contribution is 0.0484. The van der Waals surface area contributed by atoms with E-state index in [2.05, 4.69) is 29.0 Å². The van der Waals surface area contributed by atoms with E-state index in [4.69, 9.17) is 4.84 Å². The summed E-state index contributed by atoms with van der Waals surface area (Å²) >= 11 is 0. The van der Waals surface area contributed by atoms with Gasteiger partial charge in [0.25, 0.3) is 0 Å². The fourth-order valence-corrected chi connectivity index (χ4v) is 3.24. The molecule has 116 valence electrons. The summed E-state index contributed by atoms with van der Waals surface area (Å²) in [7, 11) is 0. The molecule has 6 nitrogen and oxygen atoms in total. The van der Waals surface area contributed by atoms with E-state index in [0.717, 1.165) is 56.8 Å². The van der Waals surface area contributed by atoms with Crippen LogP contribution >= 0.6 is 0 Å². The summed E-state index contributed by atoms with van der Waals surface area (Å²) in [4.78, 5) is 7.90. The van der Waals surface area contributed by atoms with Crippen molar-refractivity contribution in [2.24, 2.45) is 5.16 Å². The third-order valence-corrected chi connectivity index (χ3v) is 4.41. The van der Waals surface area contributed by atoms with Crippen LogP contribution in [0.15, 0.2) is 5.16 Å². The van der Waals surface area contributed by atoms with Gasteiger partial charge in [-0.15, -0.1) is 0 Å². The molecule has 0 aromatic carbocycles. The molecule has 1 aromatic heterocycles. The highest BCUT2D eigenvalue weighted by molar-refractivity contribution is 5.85. The summed E-state index contributed by atoms with van der Waals surface area (Å²) in [5.74, 6) is 0. The minimum Gasteiger partial charge on any atom is -0.391 e. The van der Waals surface area contributed by atoms with E-state index in [-0.39, 0.29) is 12.7 Å². The number of nitrogens with zero attached hydrogens (tertiary/aromatic N) is 4. The molecule has 0 unspecified atom stereocenters. The van der Waals surface area contributed by atoms with E-state index in [9.17, 15) is 5.11 Å². The van der Waals surface area contributed by atoms with Crippen LogP contribution in [0, 0.1) is 0 Å². The Morgan fingerprint density at radius 1 is 1.38 bits per heavy atom. The number of aryl methyl sites for hydroxylation is 1. The molecule has 0 aliphatic carbocycles. The summed E-state index contributed by atoms with van der Waals surface area (Å²) in [6, 6.07) is 0. The van der Waals surface area contributed by atoms with Crippen molar-refractivity contribution >= 4 is 5.71 Å². The Bertz CT molecular complexity index is 538. The second-order valence-corrected chi connectivity index (χ2v) is 5.77. The average molecular weight is 292 g/mol. The van der Waals surface area contributed by atoms with E-state index >= 15 is 0 Å². The summed E-state index contributed by atoms with van der Waals surface area (Å²) in [6.07, 6.45) is 3.09. The van der Waals surface area contributed by atoms with Crippen LogP contribution in [0.25, 0.3) is 0 Å². The molecular formula is C15H24N4O2. The molecule has 3 rings (SSSR count). The number of hydrogen-bond donors (Lipinski definition) is 1. The zero-order valence-electron chi connectivity index (χ0n) is 12.9. The lowest BCUT2D eigenvalue weighted by Gasteiger charge is -2.29. The molecule has 1 aromatic rings. The van der Waals surface area contributed by atoms with Gasteiger partial charge in [0.2, 0.25) is 0 Å². The van der Waals surface area contributed by atoms with E-state index in [1.165, 1.54) is 11.3 Å². The molecular weight excluding hydrogens is 268 g/mol. The highest BCUT2D eigenvalue weighted by atomic mass is 16.6. The zero-order valence-corrected chi connectivity index (χ0v) is 12.9. The van der Waals surface area contributed by atoms with Gasteiger partial charge in [0.15, 0.2) is 0 Å². The summed E-state index contributed by atoms with van der Waals surface area (Å²) < 4.78 is 2.03. The zero-order chi connectivity index (χ0) is 14.8. The Hall–Kier alpha value is -1.40. The van der Waals surface area contributed by atoms with Crippen molar-refractivity contribution in [2.75, 3.05) is 13.1 Å². The van der Waals surface area contributed by atoms with Gasteiger partial charge in [0.05, 0.1) is 18.0 Å². The lowest BCUT2D eigenvalue weighted by Crippen LogP contribution is -2.37. The largest absolute Gasteiger partial charge is 0.391 e. The first kappa shape index (κ1) is 14.5. The molecule has 6 heteroatoms. The fourth-order valence-electron chi connectivity index (χ4n) is 3.24. The lowest BCUT2D eigenvalue weighted by atomic mass is 10.0. The van der Waals surface area contributed by atoms with Crippen LogP contribution in [0.5, 0.6) is 0 Å². The van der Waals surface area contributed by atoms with Crippen molar-refractivity contribution in [1.29, 1.82) is 0 Å². The van der Waals surface area contributed by atoms with E-state index in [1.54, 1.807) is 0 Å². The Balaban J connectivity index is 1.66. The average Bonchev–Trinajstić information content (AvgIpc) is 3.10. The Labute approximate surface area is 125 Å². The second-order valence-electron chi connectivity index (χ2n) is 5.77. The highest BCUT2D eigenvalue weighted by Crippen LogP contribution is 2.24. The Morgan fingerprint density at radius 3 is 2.90 bits per heavy atom. The maximum absolute atomic E-state index is 9.50. The first-order valence-electron chi connectivity index (χ1n) is 7.87. The number of aliphatic hydroxyl groups is 1. The Kier molecular flexibility index (Phi) is 4.26. The normalized spacial score (nSPS) is 22.0. The predicted octanol–water partition coefficient (Wildman–Crippen LogP) is 1.31. The number of aliphatic hydroxyl groups excluding tert-OH is 1. The van der Waals surface area contributed by atoms with Gasteiger partial charge >= 0.3 is 0 Å². The molecule has 0 radical (unpaired) electrons. The number of fused-ring (bicyclic) bond motifs is 1. The van der Waals surface area contributed by atoms with Crippen LogP contribution < -0.4 is 0 Å². The molecule has 0 fully saturated rings. The smallest absolute Gasteiger partial charge is 0.145 e. The molecule has 1 atom stereocenters. The molecule has 1 N–H and O–H groups in total. The van der Waals surface area contributed by atoms with Crippen molar-refractivity contribution in [1.82, 2.24) is 14.7 Å². The van der Waals surface area contributed by atoms with Crippen LogP contribution in [0.4, 0.5) is 0 Å². The number of aromatic nitrogens is 2. The highest BCUT2D eigenvalue weighted by Gasteiger charge is 2.28. The number of rotatable bonds is 5. The molecule has 0 spiro atoms. The monoisotopic (exact) mass is 292 g/mol. The van der Waals surface area contributed by atoms with Crippen molar-refractivity contribution in [2.45, 2.75) is 58.9 Å². The SMILES string of the molecule is CCC1=NO[C@@H](CN2CCc3c(c(CO)nn3CC)C2)C1. The molecule has 0 bridgehead atoms. The third kappa shape index (κ3) is 2.82. The summed E-state index contributed by atoms with van der Waals surface area (Å²) in [5, 5.41) is 18.1. The maximum Gasteiger partial charge on any atom is 0.145 e. The molecule has 3 heterocycles. The van der Waals surface area contributed by atoms with Crippen molar-refractivity contribution in [3.05, 3.63) is 17.0 Å². The topological polar surface area (TPSA) is 62.9 Å². The van der Waals surface area contributed by atoms with Crippen molar-refractivity contribution in [3.8, 4) is 0 Å². The predicted molar refractivity (Wildman–Crippen MR) is 80.0 cm³/mol. The van der Waals surface area contributed by atoms with Gasteiger partial charge in [-0.05, 0) is 13.3 Å². The standard InChI is InChI=1S/C15H24N4O2/c1-3-11-7-12(21-17-11)8-18-6-5-15-13(9-18)14(10-20)16-19(15)4-2/h12,20H,3-10H2,1-2H3/t12-/m1/s1. The second kappa shape index (κ2) is 6.15. The van der Waals surface area contributed by atoms with Gasteiger partial charge in [-0.1, -0.05) is 12.1 Å². The van der Waals surface area contributed by atoms with E-state index < -0.39 is 0 Å². The van der Waals surface area contributed by atoms with Crippen LogP contribution in [-0.2, 0) is 31.0 Å². The minimum atomic E-state index is 0.0200. The van der Waals surface area contributed by atoms with Crippen LogP contribution in [0.3, 0.4) is 0 Å². The van der Waals surface area contributed by atoms with Crippen LogP contribution in [0.1, 0.15) is 43.6 Å². The van der Waals surface area contributed by atoms with Gasteiger partial charge in [0.1, 0.15) is 6.10 Å². The summed E-state index contributed by atoms with van der Waals surface area (Å²) in [6.45, 7) is 7.86. The quantitative estimate of drug-likeness (QED) is 0.889. The fraction of sp³-hybridized carbons (Fsp3) is 0.733. The van der Waals surface area contributed by atoms with Crippen LogP contribution in [-0.4, -0.2) is 44.7 Å². The van der Waals surface area contributed by atoms with Crippen LogP contribution in [0.2, 0.25) is 0 Å². The minimum absolute atomic E-state index is 0.0200. The van der Waals surface area contributed by atoms with E-state index in [0.29, 0.717) is 0 Å². The molecule has 0 saturated carbocycles. The third-order valence-electron chi connectivity index (χ3n) is 4.41. The van der Waals surface area contributed by atoms with E-state index in [1.807, 2.05) is 4.68 Å². The molecule has 0 saturated heterocycles. The number of oxime groups is 1. The molecule has 21 heavy (non-hydrogen) atoms. The van der Waals surface area contributed by atoms with Gasteiger partial charge in [-0.2, -0.15) is 5.10 Å². The molecule has 0 amide bonds. The molecule has 2 aliphatic heterocycles. The van der Waals surface area contributed by atoms with Crippen molar-refractivity contribution in [3.63, 3.8) is 0 Å². The van der Waals surface area contributed by atoms with Gasteiger partial charge < -0.3 is 9.94 Å². The first-order valence-corrected chi connectivity index (χ1v) is 7.87. The number of hydrogen-bond acceptors (Lipinski definition) is 5. The summed E-state index contributed by atoms with van der Waals surface area (Å²) in [5.41, 5.74) is 4.48. The first-order chi connectivity index (χ1) is 10.2. The Morgan fingerprint density at radius 2 is 2.24 bits per heavy atom. The van der Waals surface area contributed by atoms with Gasteiger partial charge in [-0.3, -0.25) is 9.58 Å².